The number of carboxylic acid groups (broad SMARTS) is 1. The van der Waals surface area contributed by atoms with Gasteiger partial charge in [-0.3, -0.25) is 4.79 Å². The first-order chi connectivity index (χ1) is 18.9. The van der Waals surface area contributed by atoms with Gasteiger partial charge in [-0.1, -0.05) is 60.7 Å². The third-order valence-electron chi connectivity index (χ3n) is 6.44. The standard InChI is InChI=1S/C32H32N2O4S.Li.H/c1-22-8-6-7-11-26(22)28-20-23(14-16-27(28)31(35)34-29(32(36)37)18-19-39-2)12-13-24-15-17-30(33-21-24)38-25-9-4-3-5-10-25;;/h3-11,14-17,20-21,29H,12-13,18-19H2,1-2H3,(H,34,35)(H,36,37);;/t29-;;/m0../s1. The number of carboxylic acids is 1. The molecular formula is C32H33LiN2O4S. The SMILES string of the molecule is CSCC[C@H](NC(=O)c1ccc(CCc2ccc(Oc3ccccc3)nc2)cc1-c1ccccc1C)C(=O)O.[LiH]. The molecule has 40 heavy (non-hydrogen) atoms. The number of hydrogen-bond donors (Lipinski definition) is 2. The quantitative estimate of drug-likeness (QED) is 0.214. The van der Waals surface area contributed by atoms with E-state index in [1.54, 1.807) is 17.8 Å². The Kier molecular flexibility index (Phi) is 11.9. The summed E-state index contributed by atoms with van der Waals surface area (Å²) >= 11 is 1.55. The van der Waals surface area contributed by atoms with Gasteiger partial charge < -0.3 is 15.2 Å². The molecule has 3 aromatic carbocycles. The number of thioether (sulfide) groups is 1. The van der Waals surface area contributed by atoms with Crippen molar-refractivity contribution < 1.29 is 19.4 Å². The number of carbonyl (C=O) groups excluding carboxylic acids is 1. The van der Waals surface area contributed by atoms with Crippen molar-refractivity contribution in [3.05, 3.63) is 113 Å². The van der Waals surface area contributed by atoms with Crippen LogP contribution < -0.4 is 10.1 Å². The number of nitrogens with one attached hydrogen (secondary N) is 1. The number of amides is 1. The van der Waals surface area contributed by atoms with E-state index in [1.807, 2.05) is 98.2 Å². The summed E-state index contributed by atoms with van der Waals surface area (Å²) in [6.07, 6.45) is 5.63. The average Bonchev–Trinajstić information content (AvgIpc) is 2.95. The van der Waals surface area contributed by atoms with Gasteiger partial charge in [-0.15, -0.1) is 0 Å². The molecule has 0 aliphatic heterocycles. The van der Waals surface area contributed by atoms with Crippen molar-refractivity contribution in [1.29, 1.82) is 0 Å². The molecule has 0 radical (unpaired) electrons. The van der Waals surface area contributed by atoms with Crippen molar-refractivity contribution in [1.82, 2.24) is 10.3 Å². The Morgan fingerprint density at radius 3 is 2.30 bits per heavy atom. The van der Waals surface area contributed by atoms with Gasteiger partial charge in [0.05, 0.1) is 0 Å². The normalized spacial score (nSPS) is 11.2. The van der Waals surface area contributed by atoms with Crippen molar-refractivity contribution in [3.63, 3.8) is 0 Å². The topological polar surface area (TPSA) is 88.5 Å². The second-order valence-electron chi connectivity index (χ2n) is 9.26. The number of ether oxygens (including phenoxy) is 1. The third-order valence-corrected chi connectivity index (χ3v) is 7.09. The van der Waals surface area contributed by atoms with Crippen molar-refractivity contribution in [3.8, 4) is 22.8 Å². The van der Waals surface area contributed by atoms with Crippen LogP contribution in [0.1, 0.15) is 33.5 Å². The summed E-state index contributed by atoms with van der Waals surface area (Å²) in [5.74, 6) is 0.519. The van der Waals surface area contributed by atoms with E-state index < -0.39 is 12.0 Å². The van der Waals surface area contributed by atoms with E-state index in [0.717, 1.165) is 46.4 Å². The van der Waals surface area contributed by atoms with E-state index in [0.29, 0.717) is 23.6 Å². The summed E-state index contributed by atoms with van der Waals surface area (Å²) in [6.45, 7) is 2.01. The average molecular weight is 549 g/mol. The molecule has 6 nitrogen and oxygen atoms in total. The molecule has 2 N–H and O–H groups in total. The van der Waals surface area contributed by atoms with Crippen LogP contribution in [-0.2, 0) is 17.6 Å². The van der Waals surface area contributed by atoms with E-state index in [1.165, 1.54) is 0 Å². The van der Waals surface area contributed by atoms with Crippen LogP contribution in [0.2, 0.25) is 0 Å². The zero-order valence-corrected chi connectivity index (χ0v) is 22.9. The van der Waals surface area contributed by atoms with Crippen molar-refractivity contribution in [2.45, 2.75) is 32.2 Å². The van der Waals surface area contributed by atoms with Crippen molar-refractivity contribution in [2.75, 3.05) is 12.0 Å². The number of aliphatic carboxylic acids is 1. The number of benzene rings is 3. The van der Waals surface area contributed by atoms with E-state index >= 15 is 0 Å². The Balaban J connectivity index is 0.00000441. The minimum absolute atomic E-state index is 0. The van der Waals surface area contributed by atoms with Crippen LogP contribution in [0.4, 0.5) is 0 Å². The molecule has 0 spiro atoms. The summed E-state index contributed by atoms with van der Waals surface area (Å²) in [5, 5.41) is 12.3. The first kappa shape index (κ1) is 31.0. The fourth-order valence-corrected chi connectivity index (χ4v) is 4.76. The van der Waals surface area contributed by atoms with Crippen LogP contribution >= 0.6 is 11.8 Å². The number of hydrogen-bond acceptors (Lipinski definition) is 5. The maximum atomic E-state index is 13.3. The number of aromatic nitrogens is 1. The van der Waals surface area contributed by atoms with Crippen LogP contribution in [0.5, 0.6) is 11.6 Å². The molecule has 1 aromatic heterocycles. The zero-order valence-electron chi connectivity index (χ0n) is 22.1. The molecule has 0 fully saturated rings. The Bertz CT molecular complexity index is 1410. The van der Waals surface area contributed by atoms with Gasteiger partial charge in [0.2, 0.25) is 5.88 Å². The summed E-state index contributed by atoms with van der Waals surface area (Å²) < 4.78 is 5.78. The molecule has 1 atom stereocenters. The molecule has 4 rings (SSSR count). The van der Waals surface area contributed by atoms with Gasteiger partial charge in [-0.25, -0.2) is 9.78 Å². The molecule has 0 bridgehead atoms. The molecule has 8 heteroatoms. The summed E-state index contributed by atoms with van der Waals surface area (Å²) in [7, 11) is 0. The van der Waals surface area contributed by atoms with Crippen LogP contribution in [0, 0.1) is 6.92 Å². The maximum absolute atomic E-state index is 13.3. The van der Waals surface area contributed by atoms with E-state index in [4.69, 9.17) is 4.74 Å². The number of aryl methyl sites for hydroxylation is 3. The van der Waals surface area contributed by atoms with Crippen molar-refractivity contribution in [2.24, 2.45) is 0 Å². The summed E-state index contributed by atoms with van der Waals surface area (Å²) in [5.41, 5.74) is 5.40. The van der Waals surface area contributed by atoms with Gasteiger partial charge >= 0.3 is 24.8 Å². The second kappa shape index (κ2) is 15.3. The van der Waals surface area contributed by atoms with Crippen LogP contribution in [-0.4, -0.2) is 58.9 Å². The molecule has 4 aromatic rings. The Hall–Kier alpha value is -3.50. The van der Waals surface area contributed by atoms with E-state index in [-0.39, 0.29) is 24.8 Å². The number of carbonyl (C=O) groups is 2. The molecule has 0 unspecified atom stereocenters. The third kappa shape index (κ3) is 8.50. The fraction of sp³-hybridized carbons (Fsp3) is 0.219. The van der Waals surface area contributed by atoms with Gasteiger partial charge in [-0.2, -0.15) is 11.8 Å². The Morgan fingerprint density at radius 1 is 0.925 bits per heavy atom. The van der Waals surface area contributed by atoms with E-state index in [2.05, 4.69) is 10.3 Å². The van der Waals surface area contributed by atoms with Crippen LogP contribution in [0.15, 0.2) is 91.1 Å². The summed E-state index contributed by atoms with van der Waals surface area (Å²) in [6, 6.07) is 26.2. The zero-order chi connectivity index (χ0) is 27.6. The summed E-state index contributed by atoms with van der Waals surface area (Å²) in [4.78, 5) is 29.4. The monoisotopic (exact) mass is 548 g/mol. The Morgan fingerprint density at radius 2 is 1.62 bits per heavy atom. The van der Waals surface area contributed by atoms with Gasteiger partial charge in [-0.05, 0) is 84.2 Å². The van der Waals surface area contributed by atoms with Crippen molar-refractivity contribution >= 4 is 42.5 Å². The van der Waals surface area contributed by atoms with Gasteiger partial charge in [0.25, 0.3) is 5.91 Å². The number of para-hydroxylation sites is 1. The fourth-order valence-electron chi connectivity index (χ4n) is 4.29. The Labute approximate surface area is 251 Å². The predicted molar refractivity (Wildman–Crippen MR) is 164 cm³/mol. The molecule has 0 saturated carbocycles. The first-order valence-electron chi connectivity index (χ1n) is 12.8. The second-order valence-corrected chi connectivity index (χ2v) is 10.2. The van der Waals surface area contributed by atoms with Gasteiger partial charge in [0.15, 0.2) is 0 Å². The number of nitrogens with zero attached hydrogens (tertiary/aromatic N) is 1. The van der Waals surface area contributed by atoms with E-state index in [9.17, 15) is 14.7 Å². The van der Waals surface area contributed by atoms with Gasteiger partial charge in [0.1, 0.15) is 11.8 Å². The molecular weight excluding hydrogens is 515 g/mol. The molecule has 1 amide bonds. The minimum atomic E-state index is -1.03. The first-order valence-corrected chi connectivity index (χ1v) is 14.2. The number of pyridine rings is 1. The molecule has 0 saturated heterocycles. The molecule has 202 valence electrons. The van der Waals surface area contributed by atoms with Gasteiger partial charge in [0, 0.05) is 17.8 Å². The van der Waals surface area contributed by atoms with Crippen LogP contribution in [0.25, 0.3) is 11.1 Å². The van der Waals surface area contributed by atoms with Crippen LogP contribution in [0.3, 0.4) is 0 Å². The molecule has 1 heterocycles. The molecule has 0 aliphatic carbocycles. The molecule has 0 aliphatic rings. The number of rotatable bonds is 12. The predicted octanol–water partition coefficient (Wildman–Crippen LogP) is 5.92.